The van der Waals surface area contributed by atoms with Crippen LogP contribution in [-0.2, 0) is 4.74 Å². The van der Waals surface area contributed by atoms with Crippen LogP contribution < -0.4 is 11.1 Å². The number of nitrogens with one attached hydrogen (secondary N) is 1. The molecule has 3 nitrogen and oxygen atoms in total. The molecule has 1 rings (SSSR count). The number of hydrogen-bond donors (Lipinski definition) is 2. The number of unbranched alkanes of at least 4 members (excludes halogenated alkanes) is 1. The molecular weight excluding hydrogens is 236 g/mol. The largest absolute Gasteiger partial charge is 0.399 e. The summed E-state index contributed by atoms with van der Waals surface area (Å²) in [4.78, 5) is 0. The van der Waals surface area contributed by atoms with E-state index in [1.54, 1.807) is 6.07 Å². The monoisotopic (exact) mass is 256 g/mol. The topological polar surface area (TPSA) is 47.3 Å². The van der Waals surface area contributed by atoms with Gasteiger partial charge in [-0.1, -0.05) is 11.6 Å². The number of nitrogens with two attached hydrogens (primary N) is 1. The number of hydrogen-bond acceptors (Lipinski definition) is 3. The molecule has 0 aliphatic carbocycles. The van der Waals surface area contributed by atoms with Crippen LogP contribution in [0.15, 0.2) is 18.2 Å². The van der Waals surface area contributed by atoms with E-state index in [1.807, 2.05) is 26.0 Å². The van der Waals surface area contributed by atoms with Crippen LogP contribution in [0, 0.1) is 0 Å². The second kappa shape index (κ2) is 7.41. The van der Waals surface area contributed by atoms with Gasteiger partial charge in [-0.05, 0) is 44.9 Å². The van der Waals surface area contributed by atoms with Crippen molar-refractivity contribution in [2.75, 3.05) is 24.2 Å². The van der Waals surface area contributed by atoms with Crippen molar-refractivity contribution in [1.82, 2.24) is 0 Å². The van der Waals surface area contributed by atoms with Gasteiger partial charge >= 0.3 is 0 Å². The van der Waals surface area contributed by atoms with Gasteiger partial charge in [0, 0.05) is 18.8 Å². The summed E-state index contributed by atoms with van der Waals surface area (Å²) in [5.41, 5.74) is 7.24. The van der Waals surface area contributed by atoms with Crippen LogP contribution in [0.5, 0.6) is 0 Å². The molecule has 0 saturated heterocycles. The first-order valence-electron chi connectivity index (χ1n) is 6.00. The Kier molecular flexibility index (Phi) is 6.16. The van der Waals surface area contributed by atoms with Crippen molar-refractivity contribution >= 4 is 23.0 Å². The maximum absolute atomic E-state index is 6.04. The SMILES string of the molecule is CC(C)OCCCCNc1ccc(N)cc1Cl. The van der Waals surface area contributed by atoms with Crippen molar-refractivity contribution in [2.45, 2.75) is 32.8 Å². The van der Waals surface area contributed by atoms with E-state index in [9.17, 15) is 0 Å². The Morgan fingerprint density at radius 3 is 2.76 bits per heavy atom. The summed E-state index contributed by atoms with van der Waals surface area (Å²) in [6.45, 7) is 5.80. The zero-order valence-corrected chi connectivity index (χ0v) is 11.3. The van der Waals surface area contributed by atoms with E-state index in [0.717, 1.165) is 31.7 Å². The molecule has 0 atom stereocenters. The van der Waals surface area contributed by atoms with Gasteiger partial charge in [0.25, 0.3) is 0 Å². The van der Waals surface area contributed by atoms with E-state index in [0.29, 0.717) is 16.8 Å². The molecule has 0 amide bonds. The average molecular weight is 257 g/mol. The highest BCUT2D eigenvalue weighted by atomic mass is 35.5. The normalized spacial score (nSPS) is 10.8. The Morgan fingerprint density at radius 2 is 2.12 bits per heavy atom. The van der Waals surface area contributed by atoms with Crippen LogP contribution in [-0.4, -0.2) is 19.3 Å². The number of ether oxygens (including phenoxy) is 1. The summed E-state index contributed by atoms with van der Waals surface area (Å²) in [5.74, 6) is 0. The molecule has 96 valence electrons. The zero-order chi connectivity index (χ0) is 12.7. The predicted molar refractivity (Wildman–Crippen MR) is 74.7 cm³/mol. The smallest absolute Gasteiger partial charge is 0.0657 e. The molecule has 4 heteroatoms. The third kappa shape index (κ3) is 5.80. The van der Waals surface area contributed by atoms with Crippen LogP contribution in [0.4, 0.5) is 11.4 Å². The molecule has 0 spiro atoms. The molecule has 0 aromatic heterocycles. The number of halogens is 1. The third-order valence-electron chi connectivity index (χ3n) is 2.33. The van der Waals surface area contributed by atoms with Gasteiger partial charge in [-0.25, -0.2) is 0 Å². The highest BCUT2D eigenvalue weighted by molar-refractivity contribution is 6.33. The fraction of sp³-hybridized carbons (Fsp3) is 0.538. The van der Waals surface area contributed by atoms with Crippen LogP contribution >= 0.6 is 11.6 Å². The first-order chi connectivity index (χ1) is 8.09. The molecule has 1 aromatic rings. The molecule has 0 aliphatic heterocycles. The van der Waals surface area contributed by atoms with E-state index in [4.69, 9.17) is 22.1 Å². The lowest BCUT2D eigenvalue weighted by Crippen LogP contribution is -2.07. The lowest BCUT2D eigenvalue weighted by Gasteiger charge is -2.10. The maximum atomic E-state index is 6.04. The van der Waals surface area contributed by atoms with Gasteiger partial charge in [-0.2, -0.15) is 0 Å². The van der Waals surface area contributed by atoms with Crippen molar-refractivity contribution in [3.05, 3.63) is 23.2 Å². The van der Waals surface area contributed by atoms with E-state index < -0.39 is 0 Å². The molecule has 0 bridgehead atoms. The third-order valence-corrected chi connectivity index (χ3v) is 2.64. The van der Waals surface area contributed by atoms with Crippen LogP contribution in [0.3, 0.4) is 0 Å². The lowest BCUT2D eigenvalue weighted by molar-refractivity contribution is 0.0765. The van der Waals surface area contributed by atoms with Crippen molar-refractivity contribution in [2.24, 2.45) is 0 Å². The maximum Gasteiger partial charge on any atom is 0.0657 e. The number of benzene rings is 1. The van der Waals surface area contributed by atoms with E-state index in [-0.39, 0.29) is 0 Å². The second-order valence-electron chi connectivity index (χ2n) is 4.29. The Labute approximate surface area is 108 Å². The fourth-order valence-electron chi connectivity index (χ4n) is 1.44. The molecule has 0 fully saturated rings. The van der Waals surface area contributed by atoms with Crippen molar-refractivity contribution < 1.29 is 4.74 Å². The summed E-state index contributed by atoms with van der Waals surface area (Å²) in [6, 6.07) is 5.50. The molecule has 3 N–H and O–H groups in total. The number of nitrogen functional groups attached to an aromatic ring is 1. The number of rotatable bonds is 7. The van der Waals surface area contributed by atoms with Gasteiger partial charge in [0.1, 0.15) is 0 Å². The van der Waals surface area contributed by atoms with Crippen molar-refractivity contribution in [3.8, 4) is 0 Å². The fourth-order valence-corrected chi connectivity index (χ4v) is 1.70. The standard InChI is InChI=1S/C13H21ClN2O/c1-10(2)17-8-4-3-7-16-13-6-5-11(15)9-12(13)14/h5-6,9-10,16H,3-4,7-8,15H2,1-2H3. The molecule has 0 heterocycles. The molecule has 0 aliphatic rings. The Bertz CT molecular complexity index is 342. The minimum atomic E-state index is 0.314. The first kappa shape index (κ1) is 14.1. The summed E-state index contributed by atoms with van der Waals surface area (Å²) in [7, 11) is 0. The first-order valence-corrected chi connectivity index (χ1v) is 6.38. The van der Waals surface area contributed by atoms with Gasteiger partial charge < -0.3 is 15.8 Å². The Morgan fingerprint density at radius 1 is 1.35 bits per heavy atom. The highest BCUT2D eigenvalue weighted by Crippen LogP contribution is 2.23. The Hall–Kier alpha value is -0.930. The number of anilines is 2. The van der Waals surface area contributed by atoms with Crippen LogP contribution in [0.1, 0.15) is 26.7 Å². The van der Waals surface area contributed by atoms with E-state index >= 15 is 0 Å². The zero-order valence-electron chi connectivity index (χ0n) is 10.5. The van der Waals surface area contributed by atoms with Gasteiger partial charge in [-0.3, -0.25) is 0 Å². The average Bonchev–Trinajstić information content (AvgIpc) is 2.25. The summed E-state index contributed by atoms with van der Waals surface area (Å²) >= 11 is 6.04. The molecule has 0 radical (unpaired) electrons. The lowest BCUT2D eigenvalue weighted by atomic mass is 10.2. The van der Waals surface area contributed by atoms with Gasteiger partial charge in [0.05, 0.1) is 16.8 Å². The minimum Gasteiger partial charge on any atom is -0.399 e. The molecule has 0 saturated carbocycles. The molecular formula is C13H21ClN2O. The van der Waals surface area contributed by atoms with Crippen molar-refractivity contribution in [1.29, 1.82) is 0 Å². The van der Waals surface area contributed by atoms with Gasteiger partial charge in [-0.15, -0.1) is 0 Å². The predicted octanol–water partition coefficient (Wildman–Crippen LogP) is 3.54. The van der Waals surface area contributed by atoms with Crippen LogP contribution in [0.25, 0.3) is 0 Å². The van der Waals surface area contributed by atoms with Crippen molar-refractivity contribution in [3.63, 3.8) is 0 Å². The molecule has 1 aromatic carbocycles. The van der Waals surface area contributed by atoms with E-state index in [1.165, 1.54) is 0 Å². The quantitative estimate of drug-likeness (QED) is 0.579. The van der Waals surface area contributed by atoms with Crippen LogP contribution in [0.2, 0.25) is 5.02 Å². The van der Waals surface area contributed by atoms with E-state index in [2.05, 4.69) is 5.32 Å². The van der Waals surface area contributed by atoms with Gasteiger partial charge in [0.2, 0.25) is 0 Å². The Balaban J connectivity index is 2.18. The van der Waals surface area contributed by atoms with Gasteiger partial charge in [0.15, 0.2) is 0 Å². The highest BCUT2D eigenvalue weighted by Gasteiger charge is 1.99. The summed E-state index contributed by atoms with van der Waals surface area (Å²) < 4.78 is 5.46. The minimum absolute atomic E-state index is 0.314. The molecule has 0 unspecified atom stereocenters. The summed E-state index contributed by atoms with van der Waals surface area (Å²) in [6.07, 6.45) is 2.43. The molecule has 17 heavy (non-hydrogen) atoms. The second-order valence-corrected chi connectivity index (χ2v) is 4.70. The summed E-state index contributed by atoms with van der Waals surface area (Å²) in [5, 5.41) is 3.96.